The van der Waals surface area contributed by atoms with Gasteiger partial charge in [0.2, 0.25) is 0 Å². The predicted octanol–water partition coefficient (Wildman–Crippen LogP) is 19.3. The van der Waals surface area contributed by atoms with Crippen molar-refractivity contribution in [1.29, 1.82) is 0 Å². The first-order chi connectivity index (χ1) is 42.2. The summed E-state index contributed by atoms with van der Waals surface area (Å²) in [7, 11) is -9.90. The SMILES string of the molecule is CCC(C)CCCCCCCCCCC(=O)O[C@H](COC(=O)CCCCCCCCCCCCCC(C)C)COP(=O)(O)OCC(O)COP(=O)(O)OC[C@@H](COC(=O)CCCCCCCCCC(C)C)OC(=O)CCCCCCCCCCC(C)CC. The lowest BCUT2D eigenvalue weighted by atomic mass is 9.99. The second kappa shape index (κ2) is 58.8. The fourth-order valence-electron chi connectivity index (χ4n) is 10.2. The smallest absolute Gasteiger partial charge is 0.462 e. The topological polar surface area (TPSA) is 237 Å². The molecule has 0 radical (unpaired) electrons. The van der Waals surface area contributed by atoms with Crippen molar-refractivity contribution in [3.8, 4) is 0 Å². The van der Waals surface area contributed by atoms with Gasteiger partial charge in [-0.05, 0) is 49.4 Å². The number of unbranched alkanes of at least 4 members (excludes halogenated alkanes) is 30. The van der Waals surface area contributed by atoms with Gasteiger partial charge in [0.15, 0.2) is 12.2 Å². The molecule has 19 heteroatoms. The number of phosphoric ester groups is 2. The van der Waals surface area contributed by atoms with E-state index in [9.17, 15) is 43.2 Å². The van der Waals surface area contributed by atoms with Crippen LogP contribution in [-0.4, -0.2) is 96.7 Å². The van der Waals surface area contributed by atoms with Crippen LogP contribution >= 0.6 is 15.6 Å². The summed E-state index contributed by atoms with van der Waals surface area (Å²) >= 11 is 0. The average molecular weight is 1300 g/mol. The highest BCUT2D eigenvalue weighted by molar-refractivity contribution is 7.47. The third-order valence-corrected chi connectivity index (χ3v) is 18.4. The Morgan fingerprint density at radius 2 is 0.545 bits per heavy atom. The number of hydrogen-bond donors (Lipinski definition) is 3. The van der Waals surface area contributed by atoms with Gasteiger partial charge in [-0.2, -0.15) is 0 Å². The molecule has 0 aliphatic carbocycles. The van der Waals surface area contributed by atoms with Crippen LogP contribution in [0.3, 0.4) is 0 Å². The number of esters is 4. The third kappa shape index (κ3) is 60.3. The number of rotatable bonds is 66. The molecule has 0 fully saturated rings. The Hall–Kier alpha value is -1.94. The van der Waals surface area contributed by atoms with Gasteiger partial charge in [0.25, 0.3) is 0 Å². The minimum atomic E-state index is -4.95. The summed E-state index contributed by atoms with van der Waals surface area (Å²) in [5.74, 6) is 0.882. The summed E-state index contributed by atoms with van der Waals surface area (Å²) in [5.41, 5.74) is 0. The first-order valence-corrected chi connectivity index (χ1v) is 38.8. The lowest BCUT2D eigenvalue weighted by Crippen LogP contribution is -2.30. The molecule has 0 aliphatic rings. The molecular weight excluding hydrogens is 1160 g/mol. The third-order valence-electron chi connectivity index (χ3n) is 16.5. The molecule has 0 spiro atoms. The number of carbonyl (C=O) groups excluding carboxylic acids is 4. The molecule has 0 amide bonds. The summed E-state index contributed by atoms with van der Waals surface area (Å²) in [6.45, 7) is 14.1. The van der Waals surface area contributed by atoms with Crippen molar-refractivity contribution in [2.24, 2.45) is 23.7 Å². The molecule has 17 nitrogen and oxygen atoms in total. The highest BCUT2D eigenvalue weighted by Crippen LogP contribution is 2.45. The van der Waals surface area contributed by atoms with Crippen molar-refractivity contribution >= 4 is 39.5 Å². The summed E-state index contributed by atoms with van der Waals surface area (Å²) in [6.07, 6.45) is 40.3. The molecule has 0 saturated heterocycles. The molecule has 88 heavy (non-hydrogen) atoms. The van der Waals surface area contributed by atoms with Gasteiger partial charge in [-0.15, -0.1) is 0 Å². The predicted molar refractivity (Wildman–Crippen MR) is 354 cm³/mol. The van der Waals surface area contributed by atoms with E-state index in [1.807, 2.05) is 0 Å². The van der Waals surface area contributed by atoms with Gasteiger partial charge in [-0.25, -0.2) is 9.13 Å². The number of phosphoric acid groups is 2. The zero-order valence-corrected chi connectivity index (χ0v) is 59.1. The van der Waals surface area contributed by atoms with Crippen LogP contribution in [0.5, 0.6) is 0 Å². The Balaban J connectivity index is 5.27. The lowest BCUT2D eigenvalue weighted by molar-refractivity contribution is -0.161. The minimum absolute atomic E-state index is 0.104. The molecule has 0 bridgehead atoms. The van der Waals surface area contributed by atoms with Crippen molar-refractivity contribution in [2.75, 3.05) is 39.6 Å². The minimum Gasteiger partial charge on any atom is -0.462 e. The summed E-state index contributed by atoms with van der Waals surface area (Å²) in [6, 6.07) is 0. The normalized spacial score (nSPS) is 14.9. The second-order valence-electron chi connectivity index (χ2n) is 26.4. The second-order valence-corrected chi connectivity index (χ2v) is 29.3. The largest absolute Gasteiger partial charge is 0.472 e. The lowest BCUT2D eigenvalue weighted by Gasteiger charge is -2.21. The number of carbonyl (C=O) groups is 4. The standard InChI is InChI=1S/C69H134O17P2/c1-9-61(7)47-39-31-23-16-18-26-35-43-51-68(73)85-64(55-79-66(71)49-41-33-25-15-13-11-12-14-21-29-37-45-59(3)4)57-83-87(75,76)81-53-63(70)54-82-88(77,78)84-58-65(56-80-67(72)50-42-34-28-20-22-30-38-46-60(5)6)86-69(74)52-44-36-27-19-17-24-32-40-48-62(8)10-2/h59-65,70H,9-58H2,1-8H3,(H,75,76)(H,77,78)/t61?,62?,63?,64-,65-/m1/s1. The van der Waals surface area contributed by atoms with E-state index in [1.54, 1.807) is 0 Å². The molecule has 7 atom stereocenters. The Morgan fingerprint density at radius 3 is 0.807 bits per heavy atom. The van der Waals surface area contributed by atoms with E-state index >= 15 is 0 Å². The fourth-order valence-corrected chi connectivity index (χ4v) is 11.8. The van der Waals surface area contributed by atoms with Crippen molar-refractivity contribution in [1.82, 2.24) is 0 Å². The van der Waals surface area contributed by atoms with E-state index in [-0.39, 0.29) is 25.7 Å². The molecule has 522 valence electrons. The van der Waals surface area contributed by atoms with E-state index < -0.39 is 97.5 Å². The summed E-state index contributed by atoms with van der Waals surface area (Å²) in [4.78, 5) is 72.5. The van der Waals surface area contributed by atoms with E-state index in [4.69, 9.17) is 37.0 Å². The van der Waals surface area contributed by atoms with Gasteiger partial charge in [0.1, 0.15) is 19.3 Å². The zero-order chi connectivity index (χ0) is 65.4. The van der Waals surface area contributed by atoms with Gasteiger partial charge in [0.05, 0.1) is 26.4 Å². The number of aliphatic hydroxyl groups is 1. The molecular formula is C69H134O17P2. The van der Waals surface area contributed by atoms with Gasteiger partial charge in [0, 0.05) is 25.7 Å². The van der Waals surface area contributed by atoms with Crippen LogP contribution in [-0.2, 0) is 65.4 Å². The number of hydrogen-bond acceptors (Lipinski definition) is 15. The maximum Gasteiger partial charge on any atom is 0.472 e. The number of aliphatic hydroxyl groups excluding tert-OH is 1. The van der Waals surface area contributed by atoms with E-state index in [0.717, 1.165) is 114 Å². The van der Waals surface area contributed by atoms with Crippen LogP contribution in [0.1, 0.15) is 338 Å². The van der Waals surface area contributed by atoms with E-state index in [0.29, 0.717) is 31.6 Å². The molecule has 0 aliphatic heterocycles. The van der Waals surface area contributed by atoms with Crippen molar-refractivity contribution in [2.45, 2.75) is 356 Å². The number of ether oxygens (including phenoxy) is 4. The Bertz CT molecular complexity index is 1750. The zero-order valence-electron chi connectivity index (χ0n) is 57.3. The van der Waals surface area contributed by atoms with Crippen molar-refractivity contribution < 1.29 is 80.2 Å². The van der Waals surface area contributed by atoms with Gasteiger partial charge < -0.3 is 33.8 Å². The average Bonchev–Trinajstić information content (AvgIpc) is 3.56. The maximum atomic E-state index is 13.0. The van der Waals surface area contributed by atoms with Crippen LogP contribution in [0.25, 0.3) is 0 Å². The molecule has 0 heterocycles. The van der Waals surface area contributed by atoms with Crippen LogP contribution in [0, 0.1) is 23.7 Å². The van der Waals surface area contributed by atoms with Crippen LogP contribution < -0.4 is 0 Å². The Labute approximate surface area is 537 Å². The quantitative estimate of drug-likeness (QED) is 0.0222. The van der Waals surface area contributed by atoms with Crippen molar-refractivity contribution in [3.05, 3.63) is 0 Å². The van der Waals surface area contributed by atoms with Gasteiger partial charge >= 0.3 is 39.5 Å². The van der Waals surface area contributed by atoms with Gasteiger partial charge in [-0.1, -0.05) is 287 Å². The highest BCUT2D eigenvalue weighted by Gasteiger charge is 2.30. The van der Waals surface area contributed by atoms with Crippen LogP contribution in [0.2, 0.25) is 0 Å². The molecule has 5 unspecified atom stereocenters. The summed E-state index contributed by atoms with van der Waals surface area (Å²) < 4.78 is 68.2. The summed E-state index contributed by atoms with van der Waals surface area (Å²) in [5, 5.41) is 10.6. The van der Waals surface area contributed by atoms with Crippen molar-refractivity contribution in [3.63, 3.8) is 0 Å². The molecule has 0 aromatic heterocycles. The van der Waals surface area contributed by atoms with E-state index in [1.165, 1.54) is 135 Å². The first-order valence-electron chi connectivity index (χ1n) is 35.8. The molecule has 0 saturated carbocycles. The Morgan fingerprint density at radius 1 is 0.318 bits per heavy atom. The highest BCUT2D eigenvalue weighted by atomic mass is 31.2. The van der Waals surface area contributed by atoms with E-state index in [2.05, 4.69) is 55.4 Å². The molecule has 0 aromatic carbocycles. The fraction of sp³-hybridized carbons (Fsp3) is 0.942. The molecule has 0 rings (SSSR count). The van der Waals surface area contributed by atoms with Crippen LogP contribution in [0.4, 0.5) is 0 Å². The maximum absolute atomic E-state index is 13.0. The Kier molecular flexibility index (Phi) is 57.6. The van der Waals surface area contributed by atoms with Gasteiger partial charge in [-0.3, -0.25) is 37.3 Å². The monoisotopic (exact) mass is 1300 g/mol. The molecule has 0 aromatic rings. The molecule has 3 N–H and O–H groups in total. The first kappa shape index (κ1) is 86.1. The van der Waals surface area contributed by atoms with Crippen LogP contribution in [0.15, 0.2) is 0 Å².